The maximum Gasteiger partial charge on any atom is 0.333 e. The van der Waals surface area contributed by atoms with Crippen molar-refractivity contribution in [1.82, 2.24) is 19.6 Å². The van der Waals surface area contributed by atoms with Gasteiger partial charge >= 0.3 is 6.55 Å². The predicted molar refractivity (Wildman–Crippen MR) is 66.0 cm³/mol. The Morgan fingerprint density at radius 3 is 2.61 bits per heavy atom. The lowest BCUT2D eigenvalue weighted by atomic mass is 10.3. The number of nitrogens with zero attached hydrogens (tertiary/aromatic N) is 4. The van der Waals surface area contributed by atoms with Gasteiger partial charge in [-0.15, -0.1) is 12.4 Å². The Balaban J connectivity index is 0.00000162. The Labute approximate surface area is 109 Å². The molecule has 0 aliphatic carbocycles. The monoisotopic (exact) mass is 277 g/mol. The largest absolute Gasteiger partial charge is 0.377 e. The number of aryl methyl sites for hydroxylation is 2. The van der Waals surface area contributed by atoms with Crippen LogP contribution in [-0.4, -0.2) is 19.6 Å². The summed E-state index contributed by atoms with van der Waals surface area (Å²) < 4.78 is 27.1. The molecule has 8 heteroatoms. The number of anilines is 1. The van der Waals surface area contributed by atoms with E-state index in [0.29, 0.717) is 22.6 Å². The first-order valence-corrected chi connectivity index (χ1v) is 5.12. The van der Waals surface area contributed by atoms with Gasteiger partial charge < -0.3 is 5.32 Å². The van der Waals surface area contributed by atoms with Crippen LogP contribution in [0.15, 0.2) is 18.5 Å². The molecule has 2 rings (SSSR count). The van der Waals surface area contributed by atoms with Crippen LogP contribution in [-0.2, 0) is 13.6 Å². The summed E-state index contributed by atoms with van der Waals surface area (Å²) in [6.45, 7) is -0.449. The summed E-state index contributed by atoms with van der Waals surface area (Å²) in [5.41, 5.74) is 1.98. The highest BCUT2D eigenvalue weighted by Crippen LogP contribution is 2.18. The van der Waals surface area contributed by atoms with Gasteiger partial charge in [-0.25, -0.2) is 4.68 Å². The van der Waals surface area contributed by atoms with Crippen molar-refractivity contribution in [3.63, 3.8) is 0 Å². The number of hydrogen-bond donors (Lipinski definition) is 1. The molecule has 18 heavy (non-hydrogen) atoms. The molecule has 2 aromatic heterocycles. The molecule has 0 unspecified atom stereocenters. The van der Waals surface area contributed by atoms with Crippen molar-refractivity contribution in [3.8, 4) is 0 Å². The van der Waals surface area contributed by atoms with Crippen molar-refractivity contribution >= 4 is 18.1 Å². The summed E-state index contributed by atoms with van der Waals surface area (Å²) in [7, 11) is 1.82. The van der Waals surface area contributed by atoms with E-state index in [-0.39, 0.29) is 12.4 Å². The summed E-state index contributed by atoms with van der Waals surface area (Å²) in [5, 5.41) is 10.9. The van der Waals surface area contributed by atoms with Crippen molar-refractivity contribution < 1.29 is 8.78 Å². The molecule has 0 radical (unpaired) electrons. The highest BCUT2D eigenvalue weighted by Gasteiger charge is 2.11. The molecular formula is C10H14ClF2N5. The van der Waals surface area contributed by atoms with E-state index >= 15 is 0 Å². The first-order valence-electron chi connectivity index (χ1n) is 5.12. The third-order valence-corrected chi connectivity index (χ3v) is 2.35. The van der Waals surface area contributed by atoms with Crippen molar-refractivity contribution in [3.05, 3.63) is 29.8 Å². The van der Waals surface area contributed by atoms with Gasteiger partial charge in [0.25, 0.3) is 0 Å². The van der Waals surface area contributed by atoms with E-state index < -0.39 is 6.55 Å². The van der Waals surface area contributed by atoms with Gasteiger partial charge in [-0.2, -0.15) is 19.0 Å². The first kappa shape index (κ1) is 14.4. The number of halogens is 3. The van der Waals surface area contributed by atoms with Gasteiger partial charge in [-0.3, -0.25) is 4.68 Å². The lowest BCUT2D eigenvalue weighted by Crippen LogP contribution is -2.01. The topological polar surface area (TPSA) is 47.7 Å². The van der Waals surface area contributed by atoms with Crippen molar-refractivity contribution in [2.24, 2.45) is 7.05 Å². The van der Waals surface area contributed by atoms with Gasteiger partial charge in [0, 0.05) is 13.2 Å². The van der Waals surface area contributed by atoms with Crippen LogP contribution in [0.4, 0.5) is 14.5 Å². The summed E-state index contributed by atoms with van der Waals surface area (Å²) in [6, 6.07) is 1.86. The van der Waals surface area contributed by atoms with E-state index in [4.69, 9.17) is 0 Å². The van der Waals surface area contributed by atoms with Crippen molar-refractivity contribution in [1.29, 1.82) is 0 Å². The van der Waals surface area contributed by atoms with Gasteiger partial charge in [0.15, 0.2) is 0 Å². The third-order valence-electron chi connectivity index (χ3n) is 2.35. The average Bonchev–Trinajstić information content (AvgIpc) is 2.82. The maximum atomic E-state index is 12.4. The van der Waals surface area contributed by atoms with Crippen LogP contribution in [0.2, 0.25) is 0 Å². The molecule has 5 nitrogen and oxygen atoms in total. The zero-order valence-electron chi connectivity index (χ0n) is 9.97. The summed E-state index contributed by atoms with van der Waals surface area (Å²) in [6.07, 6.45) is 3.12. The lowest BCUT2D eigenvalue weighted by molar-refractivity contribution is 0.0563. The van der Waals surface area contributed by atoms with Crippen LogP contribution >= 0.6 is 12.4 Å². The quantitative estimate of drug-likeness (QED) is 0.933. The molecule has 1 N–H and O–H groups in total. The highest BCUT2D eigenvalue weighted by molar-refractivity contribution is 5.85. The molecule has 0 bridgehead atoms. The molecule has 0 atom stereocenters. The number of alkyl halides is 2. The molecule has 2 aromatic rings. The SMILES string of the molecule is Cc1nn(C(F)F)cc1NCc1ccn(C)n1.Cl. The summed E-state index contributed by atoms with van der Waals surface area (Å²) in [4.78, 5) is 0. The fraction of sp³-hybridized carbons (Fsp3) is 0.400. The Bertz CT molecular complexity index is 508. The molecule has 0 spiro atoms. The Morgan fingerprint density at radius 2 is 2.11 bits per heavy atom. The zero-order valence-corrected chi connectivity index (χ0v) is 10.8. The van der Waals surface area contributed by atoms with Crippen LogP contribution in [0.25, 0.3) is 0 Å². The minimum absolute atomic E-state index is 0. The fourth-order valence-electron chi connectivity index (χ4n) is 1.50. The van der Waals surface area contributed by atoms with E-state index in [1.54, 1.807) is 11.6 Å². The van der Waals surface area contributed by atoms with E-state index in [2.05, 4.69) is 15.5 Å². The average molecular weight is 278 g/mol. The van der Waals surface area contributed by atoms with Crippen LogP contribution < -0.4 is 5.32 Å². The Kier molecular flexibility index (Phi) is 4.66. The number of rotatable bonds is 4. The van der Waals surface area contributed by atoms with Crippen LogP contribution in [0.5, 0.6) is 0 Å². The fourth-order valence-corrected chi connectivity index (χ4v) is 1.50. The predicted octanol–water partition coefficient (Wildman–Crippen LogP) is 2.35. The van der Waals surface area contributed by atoms with E-state index in [1.165, 1.54) is 6.20 Å². The maximum absolute atomic E-state index is 12.4. The van der Waals surface area contributed by atoms with E-state index in [9.17, 15) is 8.78 Å². The minimum atomic E-state index is -2.61. The number of hydrogen-bond acceptors (Lipinski definition) is 3. The van der Waals surface area contributed by atoms with Crippen molar-refractivity contribution in [2.75, 3.05) is 5.32 Å². The van der Waals surface area contributed by atoms with E-state index in [0.717, 1.165) is 5.69 Å². The molecular weight excluding hydrogens is 264 g/mol. The van der Waals surface area contributed by atoms with Gasteiger partial charge in [-0.05, 0) is 13.0 Å². The van der Waals surface area contributed by atoms with Gasteiger partial charge in [0.2, 0.25) is 0 Å². The second-order valence-electron chi connectivity index (χ2n) is 3.72. The standard InChI is InChI=1S/C10H13F2N5.ClH/c1-7-9(6-17(14-7)10(11)12)13-5-8-3-4-16(2)15-8;/h3-4,6,10,13H,5H2,1-2H3;1H. The molecule has 0 saturated carbocycles. The zero-order chi connectivity index (χ0) is 12.4. The normalized spacial score (nSPS) is 10.5. The third kappa shape index (κ3) is 3.19. The molecule has 0 amide bonds. The molecule has 0 aliphatic rings. The minimum Gasteiger partial charge on any atom is -0.377 e. The van der Waals surface area contributed by atoms with Gasteiger partial charge in [-0.1, -0.05) is 0 Å². The second-order valence-corrected chi connectivity index (χ2v) is 3.72. The Hall–Kier alpha value is -1.63. The lowest BCUT2D eigenvalue weighted by Gasteiger charge is -2.01. The van der Waals surface area contributed by atoms with Crippen molar-refractivity contribution in [2.45, 2.75) is 20.0 Å². The molecule has 0 aliphatic heterocycles. The molecule has 100 valence electrons. The van der Waals surface area contributed by atoms with Gasteiger partial charge in [0.05, 0.1) is 29.8 Å². The molecule has 0 aromatic carbocycles. The van der Waals surface area contributed by atoms with Crippen LogP contribution in [0.1, 0.15) is 17.9 Å². The first-order chi connectivity index (χ1) is 8.06. The smallest absolute Gasteiger partial charge is 0.333 e. The van der Waals surface area contributed by atoms with Gasteiger partial charge in [0.1, 0.15) is 0 Å². The summed E-state index contributed by atoms with van der Waals surface area (Å²) in [5.74, 6) is 0. The number of nitrogens with one attached hydrogen (secondary N) is 1. The summed E-state index contributed by atoms with van der Waals surface area (Å²) >= 11 is 0. The molecule has 0 saturated heterocycles. The highest BCUT2D eigenvalue weighted by atomic mass is 35.5. The van der Waals surface area contributed by atoms with E-state index in [1.807, 2.05) is 19.3 Å². The Morgan fingerprint density at radius 1 is 1.39 bits per heavy atom. The van der Waals surface area contributed by atoms with Crippen LogP contribution in [0.3, 0.4) is 0 Å². The number of aromatic nitrogens is 4. The van der Waals surface area contributed by atoms with Crippen LogP contribution in [0, 0.1) is 6.92 Å². The second kappa shape index (κ2) is 5.81. The molecule has 2 heterocycles. The molecule has 0 fully saturated rings.